The quantitative estimate of drug-likeness (QED) is 0.0623. The van der Waals surface area contributed by atoms with E-state index < -0.39 is 72.3 Å². The van der Waals surface area contributed by atoms with E-state index in [0.717, 1.165) is 29.6 Å². The second-order valence-electron chi connectivity index (χ2n) is 13.7. The number of rotatable bonds is 15. The Bertz CT molecular complexity index is 1680. The second kappa shape index (κ2) is 18.1. The van der Waals surface area contributed by atoms with Gasteiger partial charge in [-0.2, -0.15) is 0 Å². The van der Waals surface area contributed by atoms with Crippen molar-refractivity contribution in [2.24, 2.45) is 17.8 Å². The summed E-state index contributed by atoms with van der Waals surface area (Å²) in [6, 6.07) is 16.1. The van der Waals surface area contributed by atoms with Crippen molar-refractivity contribution in [1.82, 2.24) is 15.8 Å². The third-order valence-electron chi connectivity index (χ3n) is 8.49. The molecule has 1 aliphatic heterocycles. The summed E-state index contributed by atoms with van der Waals surface area (Å²) in [5.41, 5.74) is 7.88. The van der Waals surface area contributed by atoms with Crippen molar-refractivity contribution >= 4 is 40.8 Å². The third kappa shape index (κ3) is 10.7. The number of hydroxylamine groups is 1. The molecular weight excluding hydrogens is 654 g/mol. The lowest BCUT2D eigenvalue weighted by Gasteiger charge is -2.43. The molecule has 1 saturated heterocycles. The van der Waals surface area contributed by atoms with E-state index in [1.807, 2.05) is 30.3 Å². The van der Waals surface area contributed by atoms with Crippen LogP contribution < -0.4 is 10.8 Å². The van der Waals surface area contributed by atoms with Crippen LogP contribution in [0.5, 0.6) is 0 Å². The maximum Gasteiger partial charge on any atom is 0.308 e. The van der Waals surface area contributed by atoms with Crippen LogP contribution in [0.15, 0.2) is 54.6 Å². The molecule has 51 heavy (non-hydrogen) atoms. The first-order chi connectivity index (χ1) is 24.2. The van der Waals surface area contributed by atoms with Crippen LogP contribution in [0.25, 0.3) is 17.0 Å². The largest absolute Gasteiger partial charge is 0.455 e. The third-order valence-corrected chi connectivity index (χ3v) is 8.49. The molecule has 0 unspecified atom stereocenters. The molecule has 0 radical (unpaired) electrons. The Morgan fingerprint density at radius 2 is 1.41 bits per heavy atom. The van der Waals surface area contributed by atoms with Gasteiger partial charge in [0, 0.05) is 29.2 Å². The lowest BCUT2D eigenvalue weighted by atomic mass is 9.98. The van der Waals surface area contributed by atoms with Gasteiger partial charge in [0.2, 0.25) is 6.29 Å². The molecule has 2 heterocycles. The van der Waals surface area contributed by atoms with E-state index in [1.54, 1.807) is 54.5 Å². The number of benzene rings is 2. The second-order valence-corrected chi connectivity index (χ2v) is 13.7. The first kappa shape index (κ1) is 39.3. The molecule has 1 aromatic heterocycles. The molecular formula is C39H51N3O9. The van der Waals surface area contributed by atoms with Crippen LogP contribution in [0.1, 0.15) is 70.9 Å². The Hall–Kier alpha value is -4.52. The number of carbonyl (C=O) groups excluding carboxylic acids is 4. The summed E-state index contributed by atoms with van der Waals surface area (Å²) in [5, 5.41) is 4.76. The predicted octanol–water partition coefficient (Wildman–Crippen LogP) is 5.32. The number of nitrogens with one attached hydrogen (secondary N) is 3. The zero-order valence-electron chi connectivity index (χ0n) is 30.7. The number of hydrogen-bond donors (Lipinski definition) is 3. The zero-order valence-corrected chi connectivity index (χ0v) is 30.7. The number of hydrogen-bond acceptors (Lipinski definition) is 10. The van der Waals surface area contributed by atoms with E-state index in [1.165, 1.54) is 22.7 Å². The number of aromatic amines is 1. The van der Waals surface area contributed by atoms with Crippen molar-refractivity contribution in [3.05, 3.63) is 77.0 Å². The van der Waals surface area contributed by atoms with Gasteiger partial charge in [0.15, 0.2) is 18.3 Å². The van der Waals surface area contributed by atoms with Gasteiger partial charge in [-0.3, -0.25) is 19.2 Å². The van der Waals surface area contributed by atoms with Gasteiger partial charge in [-0.05, 0) is 55.6 Å². The van der Waals surface area contributed by atoms with Crippen LogP contribution in [-0.2, 0) is 55.9 Å². The van der Waals surface area contributed by atoms with E-state index in [4.69, 9.17) is 23.8 Å². The molecule has 4 rings (SSSR count). The van der Waals surface area contributed by atoms with Crippen LogP contribution in [-0.4, -0.2) is 66.0 Å². The van der Waals surface area contributed by atoms with Crippen LogP contribution >= 0.6 is 0 Å². The summed E-state index contributed by atoms with van der Waals surface area (Å²) in [6.45, 7) is 15.1. The van der Waals surface area contributed by atoms with Gasteiger partial charge >= 0.3 is 17.9 Å². The summed E-state index contributed by atoms with van der Waals surface area (Å²) in [7, 11) is 0. The molecule has 3 N–H and O–H groups in total. The maximum atomic E-state index is 12.8. The van der Waals surface area contributed by atoms with Crippen LogP contribution in [0.4, 0.5) is 0 Å². The van der Waals surface area contributed by atoms with E-state index in [9.17, 15) is 19.2 Å². The highest BCUT2D eigenvalue weighted by Gasteiger charge is 2.52. The number of carbonyl (C=O) groups is 4. The summed E-state index contributed by atoms with van der Waals surface area (Å²) in [4.78, 5) is 59.9. The number of fused-ring (bicyclic) bond motifs is 1. The van der Waals surface area contributed by atoms with E-state index in [2.05, 4.69) is 40.9 Å². The van der Waals surface area contributed by atoms with E-state index >= 15 is 0 Å². The SMILES string of the molecule is Cc1[nH]c2ccccc2c1CCNCc1ccc(/C=C/C(=O)NO[C@@H]2O[C@@H](C)[C@@H](OC(=O)C(C)C)[C@@H](OC(=O)C(C)C)[C@@H]2OC(=O)C(C)C)cc1. The summed E-state index contributed by atoms with van der Waals surface area (Å²) in [6.07, 6.45) is -2.13. The number of para-hydroxylation sites is 1. The lowest BCUT2D eigenvalue weighted by Crippen LogP contribution is -2.62. The highest BCUT2D eigenvalue weighted by molar-refractivity contribution is 5.91. The minimum atomic E-state index is -1.38. The maximum absolute atomic E-state index is 12.8. The smallest absolute Gasteiger partial charge is 0.308 e. The van der Waals surface area contributed by atoms with Crippen LogP contribution in [0.3, 0.4) is 0 Å². The Morgan fingerprint density at radius 3 is 2.04 bits per heavy atom. The Labute approximate surface area is 299 Å². The number of aromatic nitrogens is 1. The van der Waals surface area contributed by atoms with Gasteiger partial charge in [0.1, 0.15) is 0 Å². The molecule has 2 aromatic carbocycles. The normalized spacial score (nSPS) is 20.6. The number of ether oxygens (including phenoxy) is 4. The predicted molar refractivity (Wildman–Crippen MR) is 192 cm³/mol. The lowest BCUT2D eigenvalue weighted by molar-refractivity contribution is -0.313. The minimum Gasteiger partial charge on any atom is -0.455 e. The molecule has 0 bridgehead atoms. The summed E-state index contributed by atoms with van der Waals surface area (Å²) >= 11 is 0. The van der Waals surface area contributed by atoms with Gasteiger partial charge in [0.25, 0.3) is 5.91 Å². The van der Waals surface area contributed by atoms with Gasteiger partial charge in [-0.25, -0.2) is 10.3 Å². The Morgan fingerprint density at radius 1 is 0.824 bits per heavy atom. The van der Waals surface area contributed by atoms with E-state index in [0.29, 0.717) is 6.54 Å². The molecule has 12 heteroatoms. The molecule has 3 aromatic rings. The number of amides is 1. The molecule has 12 nitrogen and oxygen atoms in total. The van der Waals surface area contributed by atoms with Crippen molar-refractivity contribution < 1.29 is 43.0 Å². The molecule has 1 amide bonds. The van der Waals surface area contributed by atoms with Crippen molar-refractivity contribution in [3.63, 3.8) is 0 Å². The highest BCUT2D eigenvalue weighted by atomic mass is 16.8. The number of esters is 3. The van der Waals surface area contributed by atoms with Crippen LogP contribution in [0.2, 0.25) is 0 Å². The standard InChI is InChI=1S/C39H51N3O9/c1-22(2)36(44)48-33-26(8)47-39(35(50-38(46)24(5)6)34(33)49-37(45)23(3)4)51-42-32(43)18-17-27-13-15-28(16-14-27)21-40-20-19-29-25(7)41-31-12-10-9-11-30(29)31/h9-18,22-24,26,33-35,39-41H,19-21H2,1-8H3,(H,42,43)/b18-17+/t26-,33+,34+,35-,39-/m0/s1. The average molecular weight is 706 g/mol. The molecule has 0 saturated carbocycles. The van der Waals surface area contributed by atoms with Gasteiger partial charge < -0.3 is 29.2 Å². The Kier molecular flexibility index (Phi) is 13.9. The fourth-order valence-corrected chi connectivity index (χ4v) is 5.47. The molecule has 276 valence electrons. The first-order valence-corrected chi connectivity index (χ1v) is 17.5. The van der Waals surface area contributed by atoms with Crippen LogP contribution in [0, 0.1) is 24.7 Å². The number of aryl methyl sites for hydroxylation is 1. The molecule has 5 atom stereocenters. The molecule has 1 aliphatic rings. The molecule has 0 aliphatic carbocycles. The van der Waals surface area contributed by atoms with Crippen molar-refractivity contribution in [3.8, 4) is 0 Å². The Balaban J connectivity index is 1.35. The average Bonchev–Trinajstić information content (AvgIpc) is 3.42. The summed E-state index contributed by atoms with van der Waals surface area (Å²) in [5.74, 6) is -3.93. The van der Waals surface area contributed by atoms with Gasteiger partial charge in [-0.1, -0.05) is 84.0 Å². The summed E-state index contributed by atoms with van der Waals surface area (Å²) < 4.78 is 23.1. The minimum absolute atomic E-state index is 0.478. The zero-order chi connectivity index (χ0) is 37.2. The van der Waals surface area contributed by atoms with Crippen molar-refractivity contribution in [2.45, 2.75) is 99.1 Å². The van der Waals surface area contributed by atoms with Gasteiger partial charge in [0.05, 0.1) is 23.9 Å². The van der Waals surface area contributed by atoms with E-state index in [-0.39, 0.29) is 0 Å². The fraction of sp³-hybridized carbons (Fsp3) is 0.487. The monoisotopic (exact) mass is 705 g/mol. The first-order valence-electron chi connectivity index (χ1n) is 17.5. The van der Waals surface area contributed by atoms with Gasteiger partial charge in [-0.15, -0.1) is 0 Å². The van der Waals surface area contributed by atoms with Crippen molar-refractivity contribution in [1.29, 1.82) is 0 Å². The molecule has 1 fully saturated rings. The number of H-pyrrole nitrogens is 1. The fourth-order valence-electron chi connectivity index (χ4n) is 5.47. The topological polar surface area (TPSA) is 154 Å². The highest BCUT2D eigenvalue weighted by Crippen LogP contribution is 2.30. The van der Waals surface area contributed by atoms with Crippen molar-refractivity contribution in [2.75, 3.05) is 6.54 Å². The molecule has 0 spiro atoms.